The summed E-state index contributed by atoms with van der Waals surface area (Å²) in [5.41, 5.74) is 0. The Morgan fingerprint density at radius 3 is 2.27 bits per heavy atom. The van der Waals surface area contributed by atoms with Gasteiger partial charge < -0.3 is 14.3 Å². The van der Waals surface area contributed by atoms with Gasteiger partial charge in [-0.15, -0.1) is 0 Å². The van der Waals surface area contributed by atoms with Gasteiger partial charge in [0.05, 0.1) is 0 Å². The fraction of sp³-hybridized carbons (Fsp3) is 1.00. The second-order valence-electron chi connectivity index (χ2n) is 3.71. The summed E-state index contributed by atoms with van der Waals surface area (Å²) in [7, 11) is -1.13. The Hall–Kier alpha value is 0.0969. The summed E-state index contributed by atoms with van der Waals surface area (Å²) < 4.78 is 5.78. The zero-order chi connectivity index (χ0) is 11.5. The van der Waals surface area contributed by atoms with Crippen LogP contribution in [0.5, 0.6) is 0 Å². The van der Waals surface area contributed by atoms with Crippen LogP contribution in [0.15, 0.2) is 0 Å². The van der Waals surface area contributed by atoms with Crippen molar-refractivity contribution in [1.29, 1.82) is 0 Å². The first-order valence-electron chi connectivity index (χ1n) is 6.35. The van der Waals surface area contributed by atoms with Gasteiger partial charge in [0.25, 0.3) is 9.20 Å². The predicted octanol–water partition coefficient (Wildman–Crippen LogP) is 1.58. The zero-order valence-electron chi connectivity index (χ0n) is 10.9. The molecular weight excluding hydrogens is 204 g/mol. The highest BCUT2D eigenvalue weighted by Crippen LogP contribution is 1.97. The lowest BCUT2D eigenvalue weighted by atomic mass is 10.5. The number of nitrogens with zero attached hydrogens (tertiary/aromatic N) is 1. The average molecular weight is 232 g/mol. The van der Waals surface area contributed by atoms with Crippen molar-refractivity contribution in [3.05, 3.63) is 0 Å². The molecule has 92 valence electrons. The van der Waals surface area contributed by atoms with Crippen LogP contribution in [0.4, 0.5) is 0 Å². The lowest BCUT2D eigenvalue weighted by Gasteiger charge is -2.22. The highest BCUT2D eigenvalue weighted by molar-refractivity contribution is 6.48. The highest BCUT2D eigenvalue weighted by Gasteiger charge is 2.11. The molecule has 0 aliphatic rings. The molecule has 0 rings (SSSR count). The molecule has 3 nitrogen and oxygen atoms in total. The lowest BCUT2D eigenvalue weighted by molar-refractivity contribution is 0.297. The smallest absolute Gasteiger partial charge is 0.253 e. The van der Waals surface area contributed by atoms with Crippen molar-refractivity contribution < 1.29 is 4.43 Å². The topological polar surface area (TPSA) is 24.5 Å². The van der Waals surface area contributed by atoms with Crippen molar-refractivity contribution in [2.45, 2.75) is 40.2 Å². The van der Waals surface area contributed by atoms with Crippen molar-refractivity contribution >= 4 is 9.20 Å². The first kappa shape index (κ1) is 15.1. The molecule has 0 heterocycles. The molecule has 1 unspecified atom stereocenters. The van der Waals surface area contributed by atoms with E-state index < -0.39 is 9.20 Å². The van der Waals surface area contributed by atoms with Crippen molar-refractivity contribution in [2.24, 2.45) is 0 Å². The molecule has 1 atom stereocenters. The maximum absolute atomic E-state index is 5.78. The first-order valence-corrected chi connectivity index (χ1v) is 8.22. The lowest BCUT2D eigenvalue weighted by Crippen LogP contribution is -2.40. The van der Waals surface area contributed by atoms with Crippen LogP contribution in [-0.2, 0) is 4.43 Å². The third kappa shape index (κ3) is 7.96. The van der Waals surface area contributed by atoms with Gasteiger partial charge in [-0.1, -0.05) is 20.8 Å². The Labute approximate surface area is 97.0 Å². The minimum atomic E-state index is -1.13. The van der Waals surface area contributed by atoms with Crippen LogP contribution < -0.4 is 4.98 Å². The Morgan fingerprint density at radius 2 is 1.80 bits per heavy atom. The first-order chi connectivity index (χ1) is 7.28. The third-order valence-electron chi connectivity index (χ3n) is 2.59. The maximum Gasteiger partial charge on any atom is 0.253 e. The molecule has 0 aliphatic carbocycles. The molecule has 0 aromatic heterocycles. The van der Waals surface area contributed by atoms with Gasteiger partial charge in [0, 0.05) is 6.61 Å². The molecule has 0 aromatic rings. The second-order valence-corrected chi connectivity index (χ2v) is 6.01. The molecule has 0 amide bonds. The minimum Gasteiger partial charge on any atom is -0.406 e. The molecule has 4 heteroatoms. The molecule has 0 saturated carbocycles. The maximum atomic E-state index is 5.78. The Kier molecular flexibility index (Phi) is 10.7. The summed E-state index contributed by atoms with van der Waals surface area (Å²) in [6.45, 7) is 14.2. The number of nitrogens with one attached hydrogen (secondary N) is 1. The molecule has 1 N–H and O–H groups in total. The van der Waals surface area contributed by atoms with Crippen LogP contribution in [0.25, 0.3) is 0 Å². The molecule has 15 heavy (non-hydrogen) atoms. The molecule has 0 radical (unpaired) electrons. The summed E-state index contributed by atoms with van der Waals surface area (Å²) in [6, 6.07) is 1.22. The quantitative estimate of drug-likeness (QED) is 0.579. The SMILES string of the molecule is CCCN[SiH](CCN(CC)CC)OCC. The summed E-state index contributed by atoms with van der Waals surface area (Å²) in [6.07, 6.45) is 1.20. The second kappa shape index (κ2) is 10.6. The summed E-state index contributed by atoms with van der Waals surface area (Å²) in [5, 5.41) is 0. The van der Waals surface area contributed by atoms with E-state index >= 15 is 0 Å². The Balaban J connectivity index is 3.72. The fourth-order valence-corrected chi connectivity index (χ4v) is 3.69. The van der Waals surface area contributed by atoms with Gasteiger partial charge in [-0.25, -0.2) is 0 Å². The Morgan fingerprint density at radius 1 is 1.13 bits per heavy atom. The van der Waals surface area contributed by atoms with E-state index in [0.29, 0.717) is 0 Å². The van der Waals surface area contributed by atoms with Crippen LogP contribution in [0.1, 0.15) is 34.1 Å². The highest BCUT2D eigenvalue weighted by atomic mass is 28.3. The van der Waals surface area contributed by atoms with Gasteiger partial charge in [0.1, 0.15) is 0 Å². The Bertz CT molecular complexity index is 132. The fourth-order valence-electron chi connectivity index (χ4n) is 1.59. The standard InChI is InChI=1S/C11H28N2OSi/c1-5-9-12-15(14-8-4)11-10-13(6-2)7-3/h12,15H,5-11H2,1-4H3. The normalized spacial score (nSPS) is 13.4. The average Bonchev–Trinajstić information content (AvgIpc) is 2.27. The van der Waals surface area contributed by atoms with Gasteiger partial charge in [-0.05, 0) is 45.6 Å². The number of rotatable bonds is 10. The van der Waals surface area contributed by atoms with Crippen molar-refractivity contribution in [1.82, 2.24) is 9.88 Å². The molecule has 0 aromatic carbocycles. The van der Waals surface area contributed by atoms with Crippen molar-refractivity contribution in [3.8, 4) is 0 Å². The molecule has 0 spiro atoms. The van der Waals surface area contributed by atoms with E-state index in [0.717, 1.165) is 26.2 Å². The van der Waals surface area contributed by atoms with E-state index in [2.05, 4.69) is 37.6 Å². The third-order valence-corrected chi connectivity index (χ3v) is 4.85. The van der Waals surface area contributed by atoms with E-state index in [-0.39, 0.29) is 0 Å². The van der Waals surface area contributed by atoms with Crippen LogP contribution in [0, 0.1) is 0 Å². The zero-order valence-corrected chi connectivity index (χ0v) is 12.0. The van der Waals surface area contributed by atoms with E-state index in [9.17, 15) is 0 Å². The van der Waals surface area contributed by atoms with Crippen LogP contribution >= 0.6 is 0 Å². The molecular formula is C11H28N2OSi. The van der Waals surface area contributed by atoms with E-state index in [1.54, 1.807) is 0 Å². The monoisotopic (exact) mass is 232 g/mol. The van der Waals surface area contributed by atoms with E-state index in [1.807, 2.05) is 0 Å². The van der Waals surface area contributed by atoms with Gasteiger partial charge in [0.2, 0.25) is 0 Å². The van der Waals surface area contributed by atoms with Crippen molar-refractivity contribution in [3.63, 3.8) is 0 Å². The van der Waals surface area contributed by atoms with Crippen molar-refractivity contribution in [2.75, 3.05) is 32.8 Å². The van der Waals surface area contributed by atoms with Crippen LogP contribution in [0.3, 0.4) is 0 Å². The predicted molar refractivity (Wildman–Crippen MR) is 69.7 cm³/mol. The summed E-state index contributed by atoms with van der Waals surface area (Å²) >= 11 is 0. The van der Waals surface area contributed by atoms with Crippen LogP contribution in [0.2, 0.25) is 6.04 Å². The molecule has 0 bridgehead atoms. The largest absolute Gasteiger partial charge is 0.406 e. The van der Waals surface area contributed by atoms with Crippen LogP contribution in [-0.4, -0.2) is 46.9 Å². The van der Waals surface area contributed by atoms with E-state index in [4.69, 9.17) is 4.43 Å². The molecule has 0 saturated heterocycles. The molecule has 0 aliphatic heterocycles. The number of hydrogen-bond donors (Lipinski definition) is 1. The van der Waals surface area contributed by atoms with Gasteiger partial charge in [0.15, 0.2) is 0 Å². The molecule has 0 fully saturated rings. The van der Waals surface area contributed by atoms with Gasteiger partial charge in [-0.3, -0.25) is 0 Å². The summed E-state index contributed by atoms with van der Waals surface area (Å²) in [4.78, 5) is 6.03. The number of hydrogen-bond acceptors (Lipinski definition) is 3. The van der Waals surface area contributed by atoms with E-state index in [1.165, 1.54) is 19.0 Å². The van der Waals surface area contributed by atoms with Gasteiger partial charge in [-0.2, -0.15) is 0 Å². The minimum absolute atomic E-state index is 0.853. The van der Waals surface area contributed by atoms with Gasteiger partial charge >= 0.3 is 0 Å². The summed E-state index contributed by atoms with van der Waals surface area (Å²) in [5.74, 6) is 0.